The maximum Gasteiger partial charge on any atom is -0.0111 e. The second-order valence-corrected chi connectivity index (χ2v) is 35.4. The normalized spacial score (nSPS) is 11.4. The summed E-state index contributed by atoms with van der Waals surface area (Å²) in [5.41, 5.74) is 63.1. The standard InChI is InChI=1S/C24H30.C22H26.C20H22.C18H24.C16H20.C12H18/c1-11-12(2)16(6)22-20(10)24-18(8)14(4)13(3)17(7)23(24)19(9)21(22)15(11)5;1-11-12(2)16(6)20-10-22-18(8)14(4)13(3)17(7)21(22)9-19(20)15(11)5;1-11-7-17-15(5)19-9-13(3)14(4)10-20(19)16(6)18(17)8-12(11)2;1-9-10(2)14(6)18-16(8)12(4)11(3)15(7)17(18)13(9)5;1-9-7-15-14(6)12(4)10(2)8-16(15)13(5)11(9)3;1-7-8(2)10(4)12(6)11(5)9(7)3/h1-10H3;9-10H,1-8H3;7-10H,1-6H3;1-8H3;7-8H,1-6H3;1-6H3. The van der Waals surface area contributed by atoms with Crippen molar-refractivity contribution < 1.29 is 0 Å². The Hall–Kier alpha value is -8.84. The van der Waals surface area contributed by atoms with Gasteiger partial charge in [0, 0.05) is 0 Å². The minimum atomic E-state index is 1.38. The molecule has 588 valence electrons. The molecular weight excluding hydrogens is 1350 g/mol. The first-order chi connectivity index (χ1) is 51.9. The number of fused-ring (bicyclic) bond motifs is 8. The van der Waals surface area contributed by atoms with E-state index in [9.17, 15) is 0 Å². The van der Waals surface area contributed by atoms with Gasteiger partial charge in [-0.15, -0.1) is 0 Å². The Bertz CT molecular complexity index is 5590. The van der Waals surface area contributed by atoms with Crippen molar-refractivity contribution in [1.82, 2.24) is 0 Å². The minimum Gasteiger partial charge on any atom is -0.0509 e. The van der Waals surface area contributed by atoms with Crippen LogP contribution in [-0.4, -0.2) is 0 Å². The van der Waals surface area contributed by atoms with Gasteiger partial charge in [-0.25, -0.2) is 0 Å². The molecular formula is C112H140. The molecule has 0 aliphatic rings. The SMILES string of the molecule is Cc1c(C)c(C)c(C)c(C)c1C.Cc1c(C)c(C)c2c(C)c(C)c(C)c(C)c2c1C.Cc1c(C)c(C)c2c(C)c3c(C)c(C)c(C)c(C)c3c(C)c2c1C.Cc1c(C)c(C)c2cc3c(C)c(C)c(C)c(C)c3cc2c1C.Cc1cc2c(C)c(C)c(C)cc2c(C)c1C.Cc1cc2c(C)c3cc(C)c(C)cc3c(C)c2cc1C. The first-order valence-corrected chi connectivity index (χ1v) is 41.6. The van der Waals surface area contributed by atoms with Crippen LogP contribution in [0.3, 0.4) is 0 Å². The van der Waals surface area contributed by atoms with Crippen molar-refractivity contribution in [2.24, 2.45) is 0 Å². The quantitative estimate of drug-likeness (QED) is 0.133. The second kappa shape index (κ2) is 32.6. The van der Waals surface area contributed by atoms with E-state index in [2.05, 4.69) is 353 Å². The van der Waals surface area contributed by atoms with E-state index >= 15 is 0 Å². The Morgan fingerprint density at radius 2 is 0.188 bits per heavy atom. The predicted molar refractivity (Wildman–Crippen MR) is 507 cm³/mol. The van der Waals surface area contributed by atoms with E-state index in [1.54, 1.807) is 0 Å². The molecule has 0 bridgehead atoms. The number of hydrogen-bond donors (Lipinski definition) is 0. The van der Waals surface area contributed by atoms with Crippen LogP contribution in [0.5, 0.6) is 0 Å². The fourth-order valence-corrected chi connectivity index (χ4v) is 19.0. The molecule has 0 spiro atoms. The molecule has 0 nitrogen and oxygen atoms in total. The van der Waals surface area contributed by atoms with Gasteiger partial charge < -0.3 is 0 Å². The van der Waals surface area contributed by atoms with E-state index < -0.39 is 0 Å². The highest BCUT2D eigenvalue weighted by Gasteiger charge is 2.23. The summed E-state index contributed by atoms with van der Waals surface area (Å²) in [5.74, 6) is 0. The second-order valence-electron chi connectivity index (χ2n) is 35.4. The van der Waals surface area contributed by atoms with Crippen LogP contribution in [0.1, 0.15) is 245 Å². The maximum absolute atomic E-state index is 2.42. The van der Waals surface area contributed by atoms with Gasteiger partial charge in [-0.05, 0) is 648 Å². The molecule has 0 heteroatoms. The van der Waals surface area contributed by atoms with Gasteiger partial charge >= 0.3 is 0 Å². The van der Waals surface area contributed by atoms with Crippen molar-refractivity contribution in [3.63, 3.8) is 0 Å². The minimum absolute atomic E-state index is 1.38. The summed E-state index contributed by atoms with van der Waals surface area (Å²) in [4.78, 5) is 0. The third-order valence-electron chi connectivity index (χ3n) is 30.5. The number of aryl methyl sites for hydroxylation is 24. The lowest BCUT2D eigenvalue weighted by atomic mass is 9.80. The van der Waals surface area contributed by atoms with E-state index in [0.717, 1.165) is 0 Å². The average Bonchev–Trinajstić information content (AvgIpc) is 0.713. The van der Waals surface area contributed by atoms with Crippen LogP contribution in [0.25, 0.3) is 86.2 Å². The lowest BCUT2D eigenvalue weighted by Gasteiger charge is -2.24. The first-order valence-electron chi connectivity index (χ1n) is 41.6. The summed E-state index contributed by atoms with van der Waals surface area (Å²) >= 11 is 0. The number of benzene rings is 14. The number of hydrogen-bond acceptors (Lipinski definition) is 0. The van der Waals surface area contributed by atoms with Crippen molar-refractivity contribution in [3.8, 4) is 0 Å². The summed E-state index contributed by atoms with van der Waals surface area (Å²) in [6.07, 6.45) is 0. The van der Waals surface area contributed by atoms with Gasteiger partial charge in [-0.1, -0.05) is 36.4 Å². The van der Waals surface area contributed by atoms with Gasteiger partial charge in [0.2, 0.25) is 0 Å². The maximum atomic E-state index is 2.42. The lowest BCUT2D eigenvalue weighted by molar-refractivity contribution is 1.13. The Morgan fingerprint density at radius 1 is 0.0804 bits per heavy atom. The van der Waals surface area contributed by atoms with Gasteiger partial charge in [0.1, 0.15) is 0 Å². The van der Waals surface area contributed by atoms with Crippen molar-refractivity contribution in [3.05, 3.63) is 293 Å². The summed E-state index contributed by atoms with van der Waals surface area (Å²) in [5, 5.41) is 23.0. The summed E-state index contributed by atoms with van der Waals surface area (Å²) in [7, 11) is 0. The van der Waals surface area contributed by atoms with E-state index in [-0.39, 0.29) is 0 Å². The Kier molecular flexibility index (Phi) is 25.3. The molecule has 0 radical (unpaired) electrons. The zero-order valence-corrected chi connectivity index (χ0v) is 78.6. The highest BCUT2D eigenvalue weighted by Crippen LogP contribution is 2.45. The molecule has 112 heavy (non-hydrogen) atoms. The molecule has 14 aromatic rings. The third kappa shape index (κ3) is 14.7. The molecule has 0 N–H and O–H groups in total. The largest absolute Gasteiger partial charge is 0.0509 e. The summed E-state index contributed by atoms with van der Waals surface area (Å²) in [6, 6.07) is 18.9. The summed E-state index contributed by atoms with van der Waals surface area (Å²) in [6.45, 7) is 99.0. The van der Waals surface area contributed by atoms with Gasteiger partial charge in [0.15, 0.2) is 0 Å². The van der Waals surface area contributed by atoms with Crippen molar-refractivity contribution in [1.29, 1.82) is 0 Å². The number of rotatable bonds is 0. The van der Waals surface area contributed by atoms with Crippen LogP contribution in [0.4, 0.5) is 0 Å². The molecule has 0 atom stereocenters. The van der Waals surface area contributed by atoms with Gasteiger partial charge in [0.25, 0.3) is 0 Å². The van der Waals surface area contributed by atoms with Gasteiger partial charge in [-0.3, -0.25) is 0 Å². The molecule has 14 aromatic carbocycles. The topological polar surface area (TPSA) is 0 Å². The smallest absolute Gasteiger partial charge is 0.0111 e. The van der Waals surface area contributed by atoms with Crippen LogP contribution >= 0.6 is 0 Å². The van der Waals surface area contributed by atoms with Crippen molar-refractivity contribution in [2.45, 2.75) is 305 Å². The van der Waals surface area contributed by atoms with Crippen LogP contribution in [0, 0.1) is 305 Å². The molecule has 0 heterocycles. The van der Waals surface area contributed by atoms with Crippen LogP contribution in [-0.2, 0) is 0 Å². The van der Waals surface area contributed by atoms with E-state index in [4.69, 9.17) is 0 Å². The lowest BCUT2D eigenvalue weighted by Crippen LogP contribution is -2.03. The summed E-state index contributed by atoms with van der Waals surface area (Å²) < 4.78 is 0. The molecule has 0 aromatic heterocycles. The molecule has 14 rings (SSSR count). The zero-order valence-electron chi connectivity index (χ0n) is 78.6. The molecule has 0 saturated carbocycles. The Morgan fingerprint density at radius 3 is 0.357 bits per heavy atom. The highest BCUT2D eigenvalue weighted by molar-refractivity contribution is 6.12. The van der Waals surface area contributed by atoms with Gasteiger partial charge in [0.05, 0.1) is 0 Å². The first kappa shape index (κ1) is 87.1. The molecule has 0 amide bonds. The molecule has 0 saturated heterocycles. The van der Waals surface area contributed by atoms with Crippen LogP contribution in [0.15, 0.2) is 48.5 Å². The molecule has 0 fully saturated rings. The predicted octanol–water partition coefficient (Wildman–Crippen LogP) is 32.9. The van der Waals surface area contributed by atoms with Gasteiger partial charge in [-0.2, -0.15) is 0 Å². The van der Waals surface area contributed by atoms with Crippen LogP contribution < -0.4 is 0 Å². The molecule has 0 unspecified atom stereocenters. The zero-order chi connectivity index (χ0) is 84.3. The fourth-order valence-electron chi connectivity index (χ4n) is 19.0. The van der Waals surface area contributed by atoms with Crippen molar-refractivity contribution >= 4 is 86.2 Å². The van der Waals surface area contributed by atoms with E-state index in [1.165, 1.54) is 331 Å². The van der Waals surface area contributed by atoms with Crippen molar-refractivity contribution in [2.75, 3.05) is 0 Å². The third-order valence-corrected chi connectivity index (χ3v) is 30.5. The fraction of sp³-hybridized carbons (Fsp3) is 0.393. The molecule has 0 aliphatic carbocycles. The molecule has 0 aliphatic heterocycles. The average molecular weight is 1490 g/mol. The highest BCUT2D eigenvalue weighted by atomic mass is 14.3. The Labute approximate surface area is 679 Å². The van der Waals surface area contributed by atoms with E-state index in [0.29, 0.717) is 0 Å². The monoisotopic (exact) mass is 1490 g/mol. The van der Waals surface area contributed by atoms with Crippen LogP contribution in [0.2, 0.25) is 0 Å². The Balaban J connectivity index is 0.000000156. The van der Waals surface area contributed by atoms with E-state index in [1.807, 2.05) is 0 Å².